The number of thiocarbonyl (C=S) groups is 1. The smallest absolute Gasteiger partial charge is 0.122 e. The van der Waals surface area contributed by atoms with E-state index in [9.17, 15) is 0 Å². The first kappa shape index (κ1) is 13.3. The van der Waals surface area contributed by atoms with Gasteiger partial charge in [0.2, 0.25) is 0 Å². The van der Waals surface area contributed by atoms with E-state index in [1.54, 1.807) is 0 Å². The number of pyridine rings is 1. The Bertz CT molecular complexity index is 396. The Hall–Kier alpha value is -1.16. The normalized spacial score (nSPS) is 16.5. The standard InChI is InChI=1S/C14H21N3S/c1-2-17(11-6-4-3-5-7-11)12-8-9-13(14(15)18)16-10-12/h8-11H,2-7H2,1H3,(H2,15,18). The second kappa shape index (κ2) is 6.14. The highest BCUT2D eigenvalue weighted by Crippen LogP contribution is 2.26. The molecule has 0 aromatic carbocycles. The monoisotopic (exact) mass is 263 g/mol. The zero-order valence-corrected chi connectivity index (χ0v) is 11.7. The third-order valence-corrected chi connectivity index (χ3v) is 3.90. The number of hydrogen-bond donors (Lipinski definition) is 1. The molecule has 0 atom stereocenters. The highest BCUT2D eigenvalue weighted by atomic mass is 32.1. The van der Waals surface area contributed by atoms with Gasteiger partial charge in [-0.25, -0.2) is 0 Å². The van der Waals surface area contributed by atoms with Crippen molar-refractivity contribution in [2.24, 2.45) is 5.73 Å². The minimum absolute atomic E-state index is 0.363. The van der Waals surface area contributed by atoms with Crippen LogP contribution in [0.4, 0.5) is 5.69 Å². The Kier molecular flexibility index (Phi) is 4.53. The minimum atomic E-state index is 0.363. The third-order valence-electron chi connectivity index (χ3n) is 3.69. The molecular weight excluding hydrogens is 242 g/mol. The number of aromatic nitrogens is 1. The van der Waals surface area contributed by atoms with Gasteiger partial charge in [0.15, 0.2) is 0 Å². The Morgan fingerprint density at radius 1 is 1.39 bits per heavy atom. The van der Waals surface area contributed by atoms with Crippen molar-refractivity contribution in [1.29, 1.82) is 0 Å². The number of anilines is 1. The van der Waals surface area contributed by atoms with Crippen LogP contribution in [0.15, 0.2) is 18.3 Å². The molecule has 0 spiro atoms. The van der Waals surface area contributed by atoms with Crippen LogP contribution in [-0.4, -0.2) is 22.6 Å². The molecule has 4 heteroatoms. The van der Waals surface area contributed by atoms with Crippen LogP contribution in [-0.2, 0) is 0 Å². The molecule has 3 nitrogen and oxygen atoms in total. The fourth-order valence-electron chi connectivity index (χ4n) is 2.75. The van der Waals surface area contributed by atoms with Crippen molar-refractivity contribution in [2.45, 2.75) is 45.1 Å². The number of nitrogens with zero attached hydrogens (tertiary/aromatic N) is 2. The van der Waals surface area contributed by atoms with Crippen LogP contribution < -0.4 is 10.6 Å². The summed E-state index contributed by atoms with van der Waals surface area (Å²) in [6.07, 6.45) is 8.56. The van der Waals surface area contributed by atoms with Crippen LogP contribution in [0.25, 0.3) is 0 Å². The fraction of sp³-hybridized carbons (Fsp3) is 0.571. The van der Waals surface area contributed by atoms with E-state index in [0.29, 0.717) is 16.7 Å². The second-order valence-corrected chi connectivity index (χ2v) is 5.28. The highest BCUT2D eigenvalue weighted by Gasteiger charge is 2.20. The Balaban J connectivity index is 2.13. The molecule has 1 aromatic heterocycles. The molecule has 1 heterocycles. The van der Waals surface area contributed by atoms with Crippen molar-refractivity contribution in [3.8, 4) is 0 Å². The van der Waals surface area contributed by atoms with Crippen molar-refractivity contribution in [1.82, 2.24) is 4.98 Å². The largest absolute Gasteiger partial charge is 0.388 e. The van der Waals surface area contributed by atoms with Crippen molar-refractivity contribution in [2.75, 3.05) is 11.4 Å². The molecule has 1 aromatic rings. The van der Waals surface area contributed by atoms with Gasteiger partial charge in [-0.05, 0) is 31.9 Å². The maximum Gasteiger partial charge on any atom is 0.122 e. The van der Waals surface area contributed by atoms with E-state index in [-0.39, 0.29) is 0 Å². The Morgan fingerprint density at radius 2 is 2.11 bits per heavy atom. The van der Waals surface area contributed by atoms with Crippen LogP contribution in [0, 0.1) is 0 Å². The zero-order valence-electron chi connectivity index (χ0n) is 10.9. The summed E-state index contributed by atoms with van der Waals surface area (Å²) in [5.74, 6) is 0. The molecule has 2 N–H and O–H groups in total. The number of hydrogen-bond acceptors (Lipinski definition) is 3. The van der Waals surface area contributed by atoms with Gasteiger partial charge in [0.25, 0.3) is 0 Å². The zero-order chi connectivity index (χ0) is 13.0. The van der Waals surface area contributed by atoms with E-state index in [4.69, 9.17) is 18.0 Å². The molecule has 0 radical (unpaired) electrons. The summed E-state index contributed by atoms with van der Waals surface area (Å²) in [5, 5.41) is 0. The van der Waals surface area contributed by atoms with Gasteiger partial charge in [-0.15, -0.1) is 0 Å². The van der Waals surface area contributed by atoms with Crippen molar-refractivity contribution in [3.63, 3.8) is 0 Å². The predicted octanol–water partition coefficient (Wildman–Crippen LogP) is 2.87. The lowest BCUT2D eigenvalue weighted by Gasteiger charge is -2.35. The lowest BCUT2D eigenvalue weighted by atomic mass is 9.94. The van der Waals surface area contributed by atoms with Gasteiger partial charge in [0.1, 0.15) is 4.99 Å². The van der Waals surface area contributed by atoms with Crippen LogP contribution in [0.1, 0.15) is 44.7 Å². The summed E-state index contributed by atoms with van der Waals surface area (Å²) in [6, 6.07) is 4.67. The average molecular weight is 263 g/mol. The van der Waals surface area contributed by atoms with Gasteiger partial charge in [-0.3, -0.25) is 4.98 Å². The molecule has 18 heavy (non-hydrogen) atoms. The molecule has 0 amide bonds. The first-order valence-electron chi connectivity index (χ1n) is 6.75. The topological polar surface area (TPSA) is 42.1 Å². The maximum atomic E-state index is 5.57. The molecule has 0 aliphatic heterocycles. The molecule has 0 unspecified atom stereocenters. The van der Waals surface area contributed by atoms with Crippen LogP contribution in [0.5, 0.6) is 0 Å². The van der Waals surface area contributed by atoms with Crippen LogP contribution in [0.3, 0.4) is 0 Å². The average Bonchev–Trinajstić information content (AvgIpc) is 2.41. The van der Waals surface area contributed by atoms with Gasteiger partial charge >= 0.3 is 0 Å². The number of nitrogens with two attached hydrogens (primary N) is 1. The van der Waals surface area contributed by atoms with Gasteiger partial charge < -0.3 is 10.6 Å². The summed E-state index contributed by atoms with van der Waals surface area (Å²) < 4.78 is 0. The molecule has 0 saturated heterocycles. The summed E-state index contributed by atoms with van der Waals surface area (Å²) >= 11 is 4.93. The van der Waals surface area contributed by atoms with E-state index in [1.165, 1.54) is 37.8 Å². The van der Waals surface area contributed by atoms with Crippen molar-refractivity contribution >= 4 is 22.9 Å². The fourth-order valence-corrected chi connectivity index (χ4v) is 2.87. The van der Waals surface area contributed by atoms with Gasteiger partial charge in [0.05, 0.1) is 17.6 Å². The molecule has 1 aliphatic rings. The van der Waals surface area contributed by atoms with Crippen molar-refractivity contribution < 1.29 is 0 Å². The van der Waals surface area contributed by atoms with Crippen LogP contribution >= 0.6 is 12.2 Å². The Labute approximate surface area is 114 Å². The van der Waals surface area contributed by atoms with Crippen molar-refractivity contribution in [3.05, 3.63) is 24.0 Å². The van der Waals surface area contributed by atoms with E-state index in [2.05, 4.69) is 22.9 Å². The first-order chi connectivity index (χ1) is 8.72. The number of rotatable bonds is 4. The molecule has 1 aliphatic carbocycles. The quantitative estimate of drug-likeness (QED) is 0.848. The summed E-state index contributed by atoms with van der Waals surface area (Å²) in [7, 11) is 0. The van der Waals surface area contributed by atoms with E-state index in [0.717, 1.165) is 6.54 Å². The van der Waals surface area contributed by atoms with Gasteiger partial charge in [0, 0.05) is 12.6 Å². The summed E-state index contributed by atoms with van der Waals surface area (Å²) in [5.41, 5.74) is 7.46. The molecule has 2 rings (SSSR count). The summed E-state index contributed by atoms with van der Waals surface area (Å²) in [4.78, 5) is 7.15. The highest BCUT2D eigenvalue weighted by molar-refractivity contribution is 7.80. The SMILES string of the molecule is CCN(c1ccc(C(N)=S)nc1)C1CCCCC1. The minimum Gasteiger partial charge on any atom is -0.388 e. The Morgan fingerprint density at radius 3 is 2.61 bits per heavy atom. The van der Waals surface area contributed by atoms with Gasteiger partial charge in [-0.1, -0.05) is 31.5 Å². The molecule has 0 bridgehead atoms. The third kappa shape index (κ3) is 2.99. The second-order valence-electron chi connectivity index (χ2n) is 4.84. The molecule has 1 saturated carbocycles. The maximum absolute atomic E-state index is 5.57. The molecule has 98 valence electrons. The molecular formula is C14H21N3S. The predicted molar refractivity (Wildman–Crippen MR) is 80.0 cm³/mol. The lowest BCUT2D eigenvalue weighted by molar-refractivity contribution is 0.418. The first-order valence-corrected chi connectivity index (χ1v) is 7.15. The van der Waals surface area contributed by atoms with E-state index >= 15 is 0 Å². The lowest BCUT2D eigenvalue weighted by Crippen LogP contribution is -2.36. The summed E-state index contributed by atoms with van der Waals surface area (Å²) in [6.45, 7) is 3.23. The van der Waals surface area contributed by atoms with E-state index in [1.807, 2.05) is 12.3 Å². The van der Waals surface area contributed by atoms with Gasteiger partial charge in [-0.2, -0.15) is 0 Å². The molecule has 1 fully saturated rings. The van der Waals surface area contributed by atoms with E-state index < -0.39 is 0 Å². The van der Waals surface area contributed by atoms with Crippen LogP contribution in [0.2, 0.25) is 0 Å².